The summed E-state index contributed by atoms with van der Waals surface area (Å²) in [7, 11) is 0. The lowest BCUT2D eigenvalue weighted by Gasteiger charge is -2.62. The van der Waals surface area contributed by atoms with Crippen molar-refractivity contribution in [1.82, 2.24) is 0 Å². The van der Waals surface area contributed by atoms with Crippen molar-refractivity contribution in [3.63, 3.8) is 0 Å². The molecule has 0 bridgehead atoms. The maximum Gasteiger partial charge on any atom is 0.305 e. The van der Waals surface area contributed by atoms with Crippen molar-refractivity contribution in [1.29, 1.82) is 0 Å². The third-order valence-corrected chi connectivity index (χ3v) is 11.8. The molecule has 4 aliphatic carbocycles. The van der Waals surface area contributed by atoms with Gasteiger partial charge in [-0.15, -0.1) is 0 Å². The molecule has 0 heterocycles. The summed E-state index contributed by atoms with van der Waals surface area (Å²) in [4.78, 5) is 12.4. The third kappa shape index (κ3) is 5.35. The summed E-state index contributed by atoms with van der Waals surface area (Å²) >= 11 is 0. The fourth-order valence-corrected chi connectivity index (χ4v) is 9.67. The van der Waals surface area contributed by atoms with Gasteiger partial charge in [0.05, 0.1) is 18.8 Å². The van der Waals surface area contributed by atoms with Gasteiger partial charge in [-0.25, -0.2) is 0 Å². The Balaban J connectivity index is 1.33. The van der Waals surface area contributed by atoms with Crippen LogP contribution < -0.4 is 0 Å². The molecule has 0 aliphatic heterocycles. The first-order valence-electron chi connectivity index (χ1n) is 15.2. The number of fused-ring (bicyclic) bond motifs is 5. The molecule has 4 aliphatic rings. The molecule has 10 atom stereocenters. The van der Waals surface area contributed by atoms with Crippen LogP contribution in [0.25, 0.3) is 0 Å². The molecule has 2 N–H and O–H groups in total. The zero-order chi connectivity index (χ0) is 25.2. The highest BCUT2D eigenvalue weighted by molar-refractivity contribution is 5.69. The molecule has 0 aromatic heterocycles. The summed E-state index contributed by atoms with van der Waals surface area (Å²) in [5.74, 6) is 3.43. The second-order valence-electron chi connectivity index (χ2n) is 13.5. The van der Waals surface area contributed by atoms with E-state index in [-0.39, 0.29) is 29.0 Å². The lowest BCUT2D eigenvalue weighted by atomic mass is 9.43. The first-order valence-corrected chi connectivity index (χ1v) is 15.2. The molecule has 4 saturated carbocycles. The van der Waals surface area contributed by atoms with Gasteiger partial charge in [0.2, 0.25) is 0 Å². The summed E-state index contributed by atoms with van der Waals surface area (Å²) in [6, 6.07) is 0. The van der Waals surface area contributed by atoms with Crippen molar-refractivity contribution >= 4 is 5.97 Å². The van der Waals surface area contributed by atoms with Crippen molar-refractivity contribution < 1.29 is 19.7 Å². The Hall–Kier alpha value is -0.610. The molecule has 4 nitrogen and oxygen atoms in total. The maximum atomic E-state index is 12.4. The van der Waals surface area contributed by atoms with Gasteiger partial charge in [-0.2, -0.15) is 0 Å². The molecule has 0 unspecified atom stereocenters. The summed E-state index contributed by atoms with van der Waals surface area (Å²) in [5, 5.41) is 22.0. The number of aliphatic hydroxyl groups is 2. The smallest absolute Gasteiger partial charge is 0.305 e. The van der Waals surface area contributed by atoms with Crippen LogP contribution >= 0.6 is 0 Å². The van der Waals surface area contributed by atoms with Crippen molar-refractivity contribution in [2.75, 3.05) is 6.61 Å². The van der Waals surface area contributed by atoms with Gasteiger partial charge < -0.3 is 14.9 Å². The molecular formula is C31H54O4. The summed E-state index contributed by atoms with van der Waals surface area (Å²) < 4.78 is 5.52. The largest absolute Gasteiger partial charge is 0.466 e. The second-order valence-corrected chi connectivity index (χ2v) is 13.5. The van der Waals surface area contributed by atoms with E-state index in [2.05, 4.69) is 27.7 Å². The minimum Gasteiger partial charge on any atom is -0.466 e. The van der Waals surface area contributed by atoms with E-state index in [0.29, 0.717) is 42.6 Å². The minimum atomic E-state index is -0.249. The Morgan fingerprint density at radius 2 is 1.74 bits per heavy atom. The van der Waals surface area contributed by atoms with Gasteiger partial charge in [-0.05, 0) is 111 Å². The summed E-state index contributed by atoms with van der Waals surface area (Å²) in [6.07, 6.45) is 15.8. The second kappa shape index (κ2) is 11.4. The van der Waals surface area contributed by atoms with Gasteiger partial charge in [0.25, 0.3) is 0 Å². The number of aliphatic hydroxyl groups excluding tert-OH is 2. The highest BCUT2D eigenvalue weighted by Crippen LogP contribution is 2.68. The standard InChI is InChI=1S/C31H54O4/c1-5-6-7-8-9-18-35-29(34)15-10-21(2)25-13-14-26-24-12-11-22-19-23(32)16-17-30(22,3)27(24)20-28(33)31(25,26)4/h21-28,32-33H,5-20H2,1-4H3/t21-,22-,23-,24+,25-,26+,27+,28+,30+,31-/m1/s1. The predicted molar refractivity (Wildman–Crippen MR) is 141 cm³/mol. The van der Waals surface area contributed by atoms with Gasteiger partial charge in [-0.3, -0.25) is 4.79 Å². The van der Waals surface area contributed by atoms with Gasteiger partial charge in [0.1, 0.15) is 0 Å². The first-order chi connectivity index (χ1) is 16.7. The lowest BCUT2D eigenvalue weighted by molar-refractivity contribution is -0.175. The van der Waals surface area contributed by atoms with Crippen LogP contribution in [-0.4, -0.2) is 35.0 Å². The van der Waals surface area contributed by atoms with E-state index in [9.17, 15) is 15.0 Å². The van der Waals surface area contributed by atoms with E-state index in [0.717, 1.165) is 50.9 Å². The molecule has 35 heavy (non-hydrogen) atoms. The van der Waals surface area contributed by atoms with E-state index in [1.807, 2.05) is 0 Å². The average molecular weight is 491 g/mol. The molecule has 202 valence electrons. The number of ether oxygens (including phenoxy) is 1. The van der Waals surface area contributed by atoms with Crippen LogP contribution in [0.2, 0.25) is 0 Å². The van der Waals surface area contributed by atoms with Crippen molar-refractivity contribution in [2.45, 2.75) is 136 Å². The molecule has 4 heteroatoms. The Morgan fingerprint density at radius 3 is 2.51 bits per heavy atom. The highest BCUT2D eigenvalue weighted by Gasteiger charge is 2.63. The van der Waals surface area contributed by atoms with Crippen molar-refractivity contribution in [3.05, 3.63) is 0 Å². The number of carbonyl (C=O) groups is 1. The van der Waals surface area contributed by atoms with Crippen LogP contribution in [-0.2, 0) is 9.53 Å². The molecule has 0 spiro atoms. The maximum absolute atomic E-state index is 12.4. The van der Waals surface area contributed by atoms with E-state index < -0.39 is 0 Å². The topological polar surface area (TPSA) is 66.8 Å². The van der Waals surface area contributed by atoms with E-state index >= 15 is 0 Å². The molecule has 4 rings (SSSR count). The summed E-state index contributed by atoms with van der Waals surface area (Å²) in [6.45, 7) is 9.97. The number of hydrogen-bond acceptors (Lipinski definition) is 4. The average Bonchev–Trinajstić information content (AvgIpc) is 3.20. The number of carbonyl (C=O) groups excluding carboxylic acids is 1. The number of unbranched alkanes of at least 4 members (excludes halogenated alkanes) is 4. The SMILES string of the molecule is CCCCCCCOC(=O)CC[C@@H](C)[C@H]1CC[C@H]2[C@@H]3CC[C@@H]4C[C@H](O)CC[C@]4(C)[C@H]3C[C@H](O)[C@]12C. The number of rotatable bonds is 10. The Bertz CT molecular complexity index is 708. The molecule has 0 aromatic rings. The normalized spacial score (nSPS) is 43.7. The van der Waals surface area contributed by atoms with Crippen molar-refractivity contribution in [2.24, 2.45) is 46.3 Å². The van der Waals surface area contributed by atoms with Crippen molar-refractivity contribution in [3.8, 4) is 0 Å². The van der Waals surface area contributed by atoms with Crippen LogP contribution in [0.1, 0.15) is 124 Å². The zero-order valence-corrected chi connectivity index (χ0v) is 23.1. The van der Waals surface area contributed by atoms with Gasteiger partial charge in [0.15, 0.2) is 0 Å². The molecule has 0 aromatic carbocycles. The Kier molecular flexibility index (Phi) is 8.95. The zero-order valence-electron chi connectivity index (χ0n) is 23.1. The molecule has 0 amide bonds. The molecular weight excluding hydrogens is 436 g/mol. The fourth-order valence-electron chi connectivity index (χ4n) is 9.67. The number of hydrogen-bond donors (Lipinski definition) is 2. The van der Waals surface area contributed by atoms with Gasteiger partial charge >= 0.3 is 5.97 Å². The van der Waals surface area contributed by atoms with E-state index in [1.54, 1.807) is 0 Å². The third-order valence-electron chi connectivity index (χ3n) is 11.8. The highest BCUT2D eigenvalue weighted by atomic mass is 16.5. The molecule has 4 fully saturated rings. The van der Waals surface area contributed by atoms with E-state index in [1.165, 1.54) is 44.9 Å². The van der Waals surface area contributed by atoms with Gasteiger partial charge in [0, 0.05) is 6.42 Å². The monoisotopic (exact) mass is 490 g/mol. The van der Waals surface area contributed by atoms with Crippen LogP contribution in [0, 0.1) is 46.3 Å². The molecule has 0 saturated heterocycles. The summed E-state index contributed by atoms with van der Waals surface area (Å²) in [5.41, 5.74) is 0.260. The lowest BCUT2D eigenvalue weighted by Crippen LogP contribution is -2.58. The predicted octanol–water partition coefficient (Wildman–Crippen LogP) is 6.91. The minimum absolute atomic E-state index is 0.0266. The van der Waals surface area contributed by atoms with E-state index in [4.69, 9.17) is 4.74 Å². The number of esters is 1. The van der Waals surface area contributed by atoms with Crippen LogP contribution in [0.15, 0.2) is 0 Å². The van der Waals surface area contributed by atoms with Gasteiger partial charge in [-0.1, -0.05) is 53.4 Å². The molecule has 0 radical (unpaired) electrons. The van der Waals surface area contributed by atoms with Crippen LogP contribution in [0.3, 0.4) is 0 Å². The Morgan fingerprint density at radius 1 is 0.971 bits per heavy atom. The quantitative estimate of drug-likeness (QED) is 0.258. The first kappa shape index (κ1) is 27.4. The fraction of sp³-hybridized carbons (Fsp3) is 0.968. The van der Waals surface area contributed by atoms with Crippen LogP contribution in [0.4, 0.5) is 0 Å². The van der Waals surface area contributed by atoms with Crippen LogP contribution in [0.5, 0.6) is 0 Å². The Labute approximate surface area is 215 Å².